The van der Waals surface area contributed by atoms with E-state index in [-0.39, 0.29) is 11.6 Å². The number of aromatic nitrogens is 1. The first-order chi connectivity index (χ1) is 6.65. The second-order valence-corrected chi connectivity index (χ2v) is 3.17. The second kappa shape index (κ2) is 4.72. The van der Waals surface area contributed by atoms with Crippen LogP contribution < -0.4 is 5.73 Å². The third-order valence-corrected chi connectivity index (χ3v) is 2.01. The van der Waals surface area contributed by atoms with Gasteiger partial charge in [-0.2, -0.15) is 0 Å². The molecule has 1 unspecified atom stereocenters. The summed E-state index contributed by atoms with van der Waals surface area (Å²) in [5.41, 5.74) is 6.70. The molecule has 0 aliphatic carbocycles. The number of nitrogens with zero attached hydrogens (tertiary/aromatic N) is 1. The van der Waals surface area contributed by atoms with Crippen LogP contribution in [0.5, 0.6) is 0 Å². The highest BCUT2D eigenvalue weighted by Crippen LogP contribution is 2.14. The molecule has 4 nitrogen and oxygen atoms in total. The van der Waals surface area contributed by atoms with Gasteiger partial charge in [0, 0.05) is 12.2 Å². The Morgan fingerprint density at radius 1 is 1.71 bits per heavy atom. The molecule has 4 heteroatoms. The first-order valence-electron chi connectivity index (χ1n) is 4.60. The monoisotopic (exact) mass is 194 g/mol. The van der Waals surface area contributed by atoms with Gasteiger partial charge < -0.3 is 10.8 Å². The largest absolute Gasteiger partial charge is 0.478 e. The van der Waals surface area contributed by atoms with Crippen molar-refractivity contribution in [3.05, 3.63) is 29.6 Å². The maximum Gasteiger partial charge on any atom is 0.335 e. The van der Waals surface area contributed by atoms with Crippen LogP contribution in [-0.2, 0) is 0 Å². The molecule has 0 aliphatic rings. The van der Waals surface area contributed by atoms with E-state index < -0.39 is 5.97 Å². The van der Waals surface area contributed by atoms with E-state index in [4.69, 9.17) is 10.8 Å². The van der Waals surface area contributed by atoms with Gasteiger partial charge >= 0.3 is 5.97 Å². The van der Waals surface area contributed by atoms with Crippen molar-refractivity contribution in [2.24, 2.45) is 5.73 Å². The predicted octanol–water partition coefficient (Wildman–Crippen LogP) is 1.58. The van der Waals surface area contributed by atoms with E-state index >= 15 is 0 Å². The lowest BCUT2D eigenvalue weighted by Gasteiger charge is -2.09. The Balaban J connectivity index is 2.87. The molecular formula is C10H14N2O2. The zero-order valence-electron chi connectivity index (χ0n) is 8.10. The van der Waals surface area contributed by atoms with E-state index in [9.17, 15) is 4.79 Å². The molecule has 1 aromatic heterocycles. The number of aromatic carboxylic acids is 1. The molecule has 3 N–H and O–H groups in total. The average Bonchev–Trinajstić information content (AvgIpc) is 2.18. The fourth-order valence-corrected chi connectivity index (χ4v) is 1.24. The molecular weight excluding hydrogens is 180 g/mol. The lowest BCUT2D eigenvalue weighted by atomic mass is 10.1. The topological polar surface area (TPSA) is 76.2 Å². The van der Waals surface area contributed by atoms with Crippen molar-refractivity contribution in [2.45, 2.75) is 25.8 Å². The van der Waals surface area contributed by atoms with Crippen molar-refractivity contribution in [2.75, 3.05) is 0 Å². The van der Waals surface area contributed by atoms with Gasteiger partial charge in [-0.1, -0.05) is 13.3 Å². The molecule has 0 aliphatic heterocycles. The Bertz CT molecular complexity index is 326. The molecule has 0 amide bonds. The molecule has 1 heterocycles. The number of hydrogen-bond acceptors (Lipinski definition) is 3. The highest BCUT2D eigenvalue weighted by molar-refractivity contribution is 5.87. The molecule has 0 saturated carbocycles. The summed E-state index contributed by atoms with van der Waals surface area (Å²) in [7, 11) is 0. The Kier molecular flexibility index (Phi) is 3.59. The highest BCUT2D eigenvalue weighted by atomic mass is 16.4. The molecule has 1 rings (SSSR count). The SMILES string of the molecule is CCCC(N)c1cc(C(=O)O)ccn1. The van der Waals surface area contributed by atoms with Gasteiger partial charge in [0.1, 0.15) is 0 Å². The van der Waals surface area contributed by atoms with Gasteiger partial charge in [0.2, 0.25) is 0 Å². The van der Waals surface area contributed by atoms with Crippen LogP contribution in [0, 0.1) is 0 Å². The van der Waals surface area contributed by atoms with Gasteiger partial charge in [-0.05, 0) is 18.6 Å². The minimum atomic E-state index is -0.947. The Hall–Kier alpha value is -1.42. The molecule has 0 fully saturated rings. The Labute approximate surface area is 82.8 Å². The molecule has 0 saturated heterocycles. The number of nitrogens with two attached hydrogens (primary N) is 1. The van der Waals surface area contributed by atoms with E-state index in [2.05, 4.69) is 4.98 Å². The number of hydrogen-bond donors (Lipinski definition) is 2. The van der Waals surface area contributed by atoms with E-state index in [1.807, 2.05) is 6.92 Å². The van der Waals surface area contributed by atoms with E-state index in [0.29, 0.717) is 5.69 Å². The van der Waals surface area contributed by atoms with Crippen LogP contribution >= 0.6 is 0 Å². The number of carboxylic acid groups (broad SMARTS) is 1. The summed E-state index contributed by atoms with van der Waals surface area (Å²) in [5.74, 6) is -0.947. The first-order valence-corrected chi connectivity index (χ1v) is 4.60. The molecule has 0 spiro atoms. The van der Waals surface area contributed by atoms with Crippen molar-refractivity contribution in [1.29, 1.82) is 0 Å². The van der Waals surface area contributed by atoms with Gasteiger partial charge in [0.25, 0.3) is 0 Å². The summed E-state index contributed by atoms with van der Waals surface area (Å²) >= 11 is 0. The van der Waals surface area contributed by atoms with Crippen LogP contribution in [0.3, 0.4) is 0 Å². The summed E-state index contributed by atoms with van der Waals surface area (Å²) in [6.07, 6.45) is 3.25. The lowest BCUT2D eigenvalue weighted by Crippen LogP contribution is -2.12. The van der Waals surface area contributed by atoms with Gasteiger partial charge in [-0.25, -0.2) is 4.79 Å². The molecule has 14 heavy (non-hydrogen) atoms. The molecule has 0 aromatic carbocycles. The fraction of sp³-hybridized carbons (Fsp3) is 0.400. The van der Waals surface area contributed by atoms with Crippen LogP contribution in [0.15, 0.2) is 18.3 Å². The van der Waals surface area contributed by atoms with Gasteiger partial charge in [0.05, 0.1) is 11.3 Å². The molecule has 76 valence electrons. The maximum absolute atomic E-state index is 10.7. The quantitative estimate of drug-likeness (QED) is 0.762. The predicted molar refractivity (Wildman–Crippen MR) is 53.0 cm³/mol. The van der Waals surface area contributed by atoms with Crippen LogP contribution in [0.25, 0.3) is 0 Å². The number of carbonyl (C=O) groups is 1. The summed E-state index contributed by atoms with van der Waals surface area (Å²) in [6, 6.07) is 2.83. The number of rotatable bonds is 4. The van der Waals surface area contributed by atoms with E-state index in [1.54, 1.807) is 0 Å². The zero-order chi connectivity index (χ0) is 10.6. The third kappa shape index (κ3) is 2.53. The van der Waals surface area contributed by atoms with Crippen LogP contribution in [0.1, 0.15) is 41.9 Å². The molecule has 0 bridgehead atoms. The van der Waals surface area contributed by atoms with Crippen LogP contribution in [0.4, 0.5) is 0 Å². The molecule has 1 aromatic rings. The first kappa shape index (κ1) is 10.7. The Morgan fingerprint density at radius 2 is 2.43 bits per heavy atom. The molecule has 1 atom stereocenters. The average molecular weight is 194 g/mol. The van der Waals surface area contributed by atoms with E-state index in [1.165, 1.54) is 18.3 Å². The standard InChI is InChI=1S/C10H14N2O2/c1-2-3-8(11)9-6-7(10(13)14)4-5-12-9/h4-6,8H,2-3,11H2,1H3,(H,13,14). The highest BCUT2D eigenvalue weighted by Gasteiger charge is 2.09. The summed E-state index contributed by atoms with van der Waals surface area (Å²) in [6.45, 7) is 2.03. The molecule has 0 radical (unpaired) electrons. The van der Waals surface area contributed by atoms with Gasteiger partial charge in [0.15, 0.2) is 0 Å². The fourth-order valence-electron chi connectivity index (χ4n) is 1.24. The lowest BCUT2D eigenvalue weighted by molar-refractivity contribution is 0.0696. The van der Waals surface area contributed by atoms with Crippen molar-refractivity contribution in [3.8, 4) is 0 Å². The smallest absolute Gasteiger partial charge is 0.335 e. The summed E-state index contributed by atoms with van der Waals surface area (Å²) < 4.78 is 0. The van der Waals surface area contributed by atoms with Crippen LogP contribution in [0.2, 0.25) is 0 Å². The third-order valence-electron chi connectivity index (χ3n) is 2.01. The zero-order valence-corrected chi connectivity index (χ0v) is 8.10. The van der Waals surface area contributed by atoms with Crippen molar-refractivity contribution in [3.63, 3.8) is 0 Å². The van der Waals surface area contributed by atoms with E-state index in [0.717, 1.165) is 12.8 Å². The van der Waals surface area contributed by atoms with Crippen LogP contribution in [-0.4, -0.2) is 16.1 Å². The number of pyridine rings is 1. The van der Waals surface area contributed by atoms with Gasteiger partial charge in [-0.3, -0.25) is 4.98 Å². The van der Waals surface area contributed by atoms with Crippen molar-refractivity contribution >= 4 is 5.97 Å². The van der Waals surface area contributed by atoms with Crippen molar-refractivity contribution in [1.82, 2.24) is 4.98 Å². The number of carboxylic acids is 1. The Morgan fingerprint density at radius 3 is 3.00 bits per heavy atom. The summed E-state index contributed by atoms with van der Waals surface area (Å²) in [4.78, 5) is 14.7. The minimum absolute atomic E-state index is 0.167. The van der Waals surface area contributed by atoms with Crippen molar-refractivity contribution < 1.29 is 9.90 Å². The van der Waals surface area contributed by atoms with Gasteiger partial charge in [-0.15, -0.1) is 0 Å². The second-order valence-electron chi connectivity index (χ2n) is 3.17. The minimum Gasteiger partial charge on any atom is -0.478 e. The normalized spacial score (nSPS) is 12.4. The summed E-state index contributed by atoms with van der Waals surface area (Å²) in [5, 5.41) is 8.75. The maximum atomic E-state index is 10.7.